The Balaban J connectivity index is 1.87. The van der Waals surface area contributed by atoms with Gasteiger partial charge in [0, 0.05) is 6.54 Å². The van der Waals surface area contributed by atoms with Crippen LogP contribution in [0.4, 0.5) is 5.69 Å². The van der Waals surface area contributed by atoms with Crippen molar-refractivity contribution in [1.29, 1.82) is 0 Å². The first-order valence-electron chi connectivity index (χ1n) is 8.21. The van der Waals surface area contributed by atoms with Gasteiger partial charge in [0.25, 0.3) is 0 Å². The third-order valence-corrected chi connectivity index (χ3v) is 4.02. The molecule has 2 heteroatoms. The van der Waals surface area contributed by atoms with Crippen LogP contribution in [0.5, 0.6) is 5.75 Å². The molecule has 0 aromatic heterocycles. The Bertz CT molecular complexity index is 381. The highest BCUT2D eigenvalue weighted by atomic mass is 16.5. The van der Waals surface area contributed by atoms with Crippen molar-refractivity contribution in [3.05, 3.63) is 24.3 Å². The van der Waals surface area contributed by atoms with E-state index in [-0.39, 0.29) is 0 Å². The molecule has 20 heavy (non-hydrogen) atoms. The molecule has 0 aliphatic heterocycles. The Morgan fingerprint density at radius 2 is 1.80 bits per heavy atom. The number of para-hydroxylation sites is 2. The van der Waals surface area contributed by atoms with Gasteiger partial charge in [0.05, 0.1) is 12.3 Å². The Hall–Kier alpha value is -1.18. The van der Waals surface area contributed by atoms with E-state index >= 15 is 0 Å². The van der Waals surface area contributed by atoms with E-state index in [9.17, 15) is 0 Å². The van der Waals surface area contributed by atoms with Gasteiger partial charge in [-0.1, -0.05) is 51.7 Å². The summed E-state index contributed by atoms with van der Waals surface area (Å²) in [4.78, 5) is 0. The van der Waals surface area contributed by atoms with E-state index in [1.54, 1.807) is 0 Å². The van der Waals surface area contributed by atoms with Crippen molar-refractivity contribution in [3.8, 4) is 5.75 Å². The highest BCUT2D eigenvalue weighted by Gasteiger charge is 2.13. The third kappa shape index (κ3) is 5.07. The summed E-state index contributed by atoms with van der Waals surface area (Å²) in [6.45, 7) is 6.23. The first-order valence-corrected chi connectivity index (χ1v) is 8.21. The molecule has 0 radical (unpaired) electrons. The molecule has 112 valence electrons. The maximum atomic E-state index is 5.90. The van der Waals surface area contributed by atoms with Gasteiger partial charge in [0.15, 0.2) is 0 Å². The maximum absolute atomic E-state index is 5.90. The highest BCUT2D eigenvalue weighted by molar-refractivity contribution is 5.56. The van der Waals surface area contributed by atoms with Crippen LogP contribution < -0.4 is 10.1 Å². The normalized spacial score (nSPS) is 16.9. The molecule has 0 bridgehead atoms. The monoisotopic (exact) mass is 275 g/mol. The molecule has 0 unspecified atom stereocenters. The van der Waals surface area contributed by atoms with Gasteiger partial charge in [-0.2, -0.15) is 0 Å². The van der Waals surface area contributed by atoms with Crippen LogP contribution in [-0.4, -0.2) is 13.2 Å². The van der Waals surface area contributed by atoms with Gasteiger partial charge in [-0.3, -0.25) is 0 Å². The molecule has 0 amide bonds. The molecular weight excluding hydrogens is 246 g/mol. The van der Waals surface area contributed by atoms with E-state index in [1.165, 1.54) is 38.5 Å². The van der Waals surface area contributed by atoms with E-state index in [4.69, 9.17) is 4.74 Å². The van der Waals surface area contributed by atoms with Crippen LogP contribution >= 0.6 is 0 Å². The molecule has 1 aliphatic rings. The number of nitrogens with one attached hydrogen (secondary N) is 1. The lowest BCUT2D eigenvalue weighted by molar-refractivity contribution is 0.272. The summed E-state index contributed by atoms with van der Waals surface area (Å²) < 4.78 is 5.90. The fourth-order valence-corrected chi connectivity index (χ4v) is 2.82. The van der Waals surface area contributed by atoms with Crippen molar-refractivity contribution in [2.45, 2.75) is 52.4 Å². The number of anilines is 1. The molecule has 0 spiro atoms. The summed E-state index contributed by atoms with van der Waals surface area (Å²) in [5.74, 6) is 2.38. The molecule has 2 rings (SSSR count). The van der Waals surface area contributed by atoms with E-state index < -0.39 is 0 Å². The molecule has 1 fully saturated rings. The van der Waals surface area contributed by atoms with E-state index in [1.807, 2.05) is 6.07 Å². The zero-order valence-electron chi connectivity index (χ0n) is 13.0. The van der Waals surface area contributed by atoms with Gasteiger partial charge in [-0.25, -0.2) is 0 Å². The number of hydrogen-bond donors (Lipinski definition) is 1. The van der Waals surface area contributed by atoms with Crippen LogP contribution in [0.15, 0.2) is 24.3 Å². The van der Waals surface area contributed by atoms with Crippen LogP contribution in [-0.2, 0) is 0 Å². The smallest absolute Gasteiger partial charge is 0.142 e. The Morgan fingerprint density at radius 1 is 1.10 bits per heavy atom. The van der Waals surface area contributed by atoms with Crippen molar-refractivity contribution in [3.63, 3.8) is 0 Å². The minimum Gasteiger partial charge on any atom is -0.491 e. The fourth-order valence-electron chi connectivity index (χ4n) is 2.82. The SMILES string of the molecule is CC(C)COc1ccccc1NCC1CCCCCC1. The molecule has 1 saturated carbocycles. The van der Waals surface area contributed by atoms with Gasteiger partial charge < -0.3 is 10.1 Å². The predicted octanol–water partition coefficient (Wildman–Crippen LogP) is 5.10. The van der Waals surface area contributed by atoms with Crippen molar-refractivity contribution >= 4 is 5.69 Å². The van der Waals surface area contributed by atoms with Crippen LogP contribution in [0.3, 0.4) is 0 Å². The summed E-state index contributed by atoms with van der Waals surface area (Å²) in [6, 6.07) is 8.33. The Labute approximate surface area is 123 Å². The van der Waals surface area contributed by atoms with Gasteiger partial charge in [0.1, 0.15) is 5.75 Å². The zero-order valence-corrected chi connectivity index (χ0v) is 13.0. The molecule has 1 aromatic carbocycles. The zero-order chi connectivity index (χ0) is 14.2. The van der Waals surface area contributed by atoms with Crippen LogP contribution in [0, 0.1) is 11.8 Å². The summed E-state index contributed by atoms with van der Waals surface area (Å²) in [7, 11) is 0. The molecule has 0 atom stereocenters. The third-order valence-electron chi connectivity index (χ3n) is 4.02. The Kier molecular flexibility index (Phi) is 6.23. The lowest BCUT2D eigenvalue weighted by Gasteiger charge is -2.18. The molecule has 1 aromatic rings. The lowest BCUT2D eigenvalue weighted by Crippen LogP contribution is -2.14. The van der Waals surface area contributed by atoms with Crippen molar-refractivity contribution < 1.29 is 4.74 Å². The minimum atomic E-state index is 0.560. The van der Waals surface area contributed by atoms with Crippen LogP contribution in [0.1, 0.15) is 52.4 Å². The van der Waals surface area contributed by atoms with E-state index in [0.29, 0.717) is 5.92 Å². The lowest BCUT2D eigenvalue weighted by atomic mass is 10.0. The van der Waals surface area contributed by atoms with Gasteiger partial charge in [0.2, 0.25) is 0 Å². The number of benzene rings is 1. The largest absolute Gasteiger partial charge is 0.491 e. The van der Waals surface area contributed by atoms with Crippen molar-refractivity contribution in [1.82, 2.24) is 0 Å². The standard InChI is InChI=1S/C18H29NO/c1-15(2)14-20-18-12-8-7-11-17(18)19-13-16-9-5-3-4-6-10-16/h7-8,11-12,15-16,19H,3-6,9-10,13-14H2,1-2H3. The molecule has 1 N–H and O–H groups in total. The van der Waals surface area contributed by atoms with Gasteiger partial charge >= 0.3 is 0 Å². The summed E-state index contributed by atoms with van der Waals surface area (Å²) >= 11 is 0. The first kappa shape index (κ1) is 15.2. The molecule has 0 heterocycles. The highest BCUT2D eigenvalue weighted by Crippen LogP contribution is 2.27. The average Bonchev–Trinajstić information content (AvgIpc) is 2.72. The number of rotatable bonds is 6. The Morgan fingerprint density at radius 3 is 2.50 bits per heavy atom. The van der Waals surface area contributed by atoms with Gasteiger partial charge in [-0.15, -0.1) is 0 Å². The first-order chi connectivity index (χ1) is 9.75. The topological polar surface area (TPSA) is 21.3 Å². The second-order valence-corrected chi connectivity index (χ2v) is 6.44. The van der Waals surface area contributed by atoms with Gasteiger partial charge in [-0.05, 0) is 36.8 Å². The molecule has 0 saturated heterocycles. The number of hydrogen-bond acceptors (Lipinski definition) is 2. The summed E-state index contributed by atoms with van der Waals surface area (Å²) in [5.41, 5.74) is 1.15. The second kappa shape index (κ2) is 8.18. The molecule has 1 aliphatic carbocycles. The fraction of sp³-hybridized carbons (Fsp3) is 0.667. The predicted molar refractivity (Wildman–Crippen MR) is 86.5 cm³/mol. The minimum absolute atomic E-state index is 0.560. The van der Waals surface area contributed by atoms with Crippen LogP contribution in [0.25, 0.3) is 0 Å². The average molecular weight is 275 g/mol. The molecule has 2 nitrogen and oxygen atoms in total. The quantitative estimate of drug-likeness (QED) is 0.729. The van der Waals surface area contributed by atoms with Crippen molar-refractivity contribution in [2.24, 2.45) is 11.8 Å². The van der Waals surface area contributed by atoms with E-state index in [2.05, 4.69) is 37.4 Å². The van der Waals surface area contributed by atoms with E-state index in [0.717, 1.165) is 30.5 Å². The summed E-state index contributed by atoms with van der Waals surface area (Å²) in [5, 5.41) is 3.61. The second-order valence-electron chi connectivity index (χ2n) is 6.44. The molecular formula is C18H29NO. The van der Waals surface area contributed by atoms with Crippen LogP contribution in [0.2, 0.25) is 0 Å². The van der Waals surface area contributed by atoms with Crippen molar-refractivity contribution in [2.75, 3.05) is 18.5 Å². The number of ether oxygens (including phenoxy) is 1. The summed E-state index contributed by atoms with van der Waals surface area (Å²) in [6.07, 6.45) is 8.40. The maximum Gasteiger partial charge on any atom is 0.142 e.